The number of hydrogen-bond acceptors (Lipinski definition) is 4. The number of piperidine rings is 1. The first kappa shape index (κ1) is 20.3. The second-order valence-corrected chi connectivity index (χ2v) is 11.1. The fourth-order valence-electron chi connectivity index (χ4n) is 4.08. The van der Waals surface area contributed by atoms with Gasteiger partial charge in [0.15, 0.2) is 0 Å². The van der Waals surface area contributed by atoms with Gasteiger partial charge in [-0.2, -0.15) is 4.31 Å². The Morgan fingerprint density at radius 3 is 2.55 bits per heavy atom. The van der Waals surface area contributed by atoms with E-state index in [1.165, 1.54) is 26.8 Å². The molecule has 7 heteroatoms. The van der Waals surface area contributed by atoms with Crippen molar-refractivity contribution in [3.8, 4) is 0 Å². The molecule has 3 heterocycles. The first-order valence-electron chi connectivity index (χ1n) is 10.0. The number of carbonyl (C=O) groups excluding carboxylic acids is 1. The van der Waals surface area contributed by atoms with Crippen LogP contribution in [-0.4, -0.2) is 49.7 Å². The molecule has 1 aromatic carbocycles. The van der Waals surface area contributed by atoms with E-state index in [0.29, 0.717) is 23.8 Å². The molecule has 1 atom stereocenters. The highest BCUT2D eigenvalue weighted by atomic mass is 32.2. The normalized spacial score (nSPS) is 21.1. The SMILES string of the molecule is Cc1ccc(S(=O)(=O)N2CCC[C@@H](C(=O)N3CC=C(c4ccccc4)CC3)C2)s1. The van der Waals surface area contributed by atoms with Gasteiger partial charge in [-0.1, -0.05) is 36.4 Å². The fourth-order valence-corrected chi connectivity index (χ4v) is 7.04. The van der Waals surface area contributed by atoms with Gasteiger partial charge >= 0.3 is 0 Å². The summed E-state index contributed by atoms with van der Waals surface area (Å²) in [5.41, 5.74) is 2.48. The van der Waals surface area contributed by atoms with Crippen molar-refractivity contribution in [1.29, 1.82) is 0 Å². The number of rotatable bonds is 4. The lowest BCUT2D eigenvalue weighted by Crippen LogP contribution is -2.47. The molecule has 0 spiro atoms. The molecule has 2 aliphatic rings. The molecule has 1 fully saturated rings. The zero-order valence-electron chi connectivity index (χ0n) is 16.6. The molecule has 0 aliphatic carbocycles. The van der Waals surface area contributed by atoms with Gasteiger partial charge in [-0.25, -0.2) is 8.42 Å². The van der Waals surface area contributed by atoms with Crippen LogP contribution in [0.3, 0.4) is 0 Å². The number of carbonyl (C=O) groups is 1. The van der Waals surface area contributed by atoms with E-state index in [9.17, 15) is 13.2 Å². The van der Waals surface area contributed by atoms with E-state index in [1.54, 1.807) is 6.07 Å². The molecule has 0 saturated carbocycles. The number of sulfonamides is 1. The summed E-state index contributed by atoms with van der Waals surface area (Å²) in [4.78, 5) is 15.9. The second kappa shape index (κ2) is 8.42. The molecule has 2 aliphatic heterocycles. The predicted octanol–water partition coefficient (Wildman–Crippen LogP) is 3.77. The highest BCUT2D eigenvalue weighted by Gasteiger charge is 2.35. The summed E-state index contributed by atoms with van der Waals surface area (Å²) >= 11 is 1.29. The summed E-state index contributed by atoms with van der Waals surface area (Å²) < 4.78 is 27.8. The molecule has 1 saturated heterocycles. The van der Waals surface area contributed by atoms with E-state index < -0.39 is 10.0 Å². The summed E-state index contributed by atoms with van der Waals surface area (Å²) in [6, 6.07) is 13.7. The Kier molecular flexibility index (Phi) is 5.90. The molecule has 0 N–H and O–H groups in total. The van der Waals surface area contributed by atoms with Crippen molar-refractivity contribution in [2.45, 2.75) is 30.4 Å². The van der Waals surface area contributed by atoms with Gasteiger partial charge in [0.2, 0.25) is 5.91 Å². The van der Waals surface area contributed by atoms with Gasteiger partial charge in [0.1, 0.15) is 4.21 Å². The van der Waals surface area contributed by atoms with Gasteiger partial charge in [-0.3, -0.25) is 4.79 Å². The van der Waals surface area contributed by atoms with Gasteiger partial charge in [-0.15, -0.1) is 11.3 Å². The smallest absolute Gasteiger partial charge is 0.252 e. The Labute approximate surface area is 176 Å². The maximum absolute atomic E-state index is 13.1. The summed E-state index contributed by atoms with van der Waals surface area (Å²) in [5.74, 6) is -0.179. The summed E-state index contributed by atoms with van der Waals surface area (Å²) in [5, 5.41) is 0. The maximum atomic E-state index is 13.1. The molecule has 0 bridgehead atoms. The van der Waals surface area contributed by atoms with Gasteiger partial charge in [0.25, 0.3) is 10.0 Å². The summed E-state index contributed by atoms with van der Waals surface area (Å²) in [6.07, 6.45) is 4.43. The van der Waals surface area contributed by atoms with Crippen LogP contribution in [0, 0.1) is 12.8 Å². The largest absolute Gasteiger partial charge is 0.338 e. The quantitative estimate of drug-likeness (QED) is 0.742. The van der Waals surface area contributed by atoms with Crippen molar-refractivity contribution < 1.29 is 13.2 Å². The minimum Gasteiger partial charge on any atom is -0.338 e. The van der Waals surface area contributed by atoms with Gasteiger partial charge in [0.05, 0.1) is 5.92 Å². The van der Waals surface area contributed by atoms with Crippen LogP contribution in [0.1, 0.15) is 29.7 Å². The number of amides is 1. The zero-order chi connectivity index (χ0) is 20.4. The van der Waals surface area contributed by atoms with Crippen LogP contribution in [0.5, 0.6) is 0 Å². The van der Waals surface area contributed by atoms with Crippen molar-refractivity contribution >= 4 is 32.8 Å². The van der Waals surface area contributed by atoms with Crippen LogP contribution in [0.2, 0.25) is 0 Å². The molecule has 2 aromatic rings. The van der Waals surface area contributed by atoms with E-state index in [2.05, 4.69) is 18.2 Å². The van der Waals surface area contributed by atoms with E-state index in [1.807, 2.05) is 36.1 Å². The molecular formula is C22H26N2O3S2. The van der Waals surface area contributed by atoms with E-state index in [4.69, 9.17) is 0 Å². The fraction of sp³-hybridized carbons (Fsp3) is 0.409. The number of nitrogens with zero attached hydrogens (tertiary/aromatic N) is 2. The highest BCUT2D eigenvalue weighted by molar-refractivity contribution is 7.91. The number of aryl methyl sites for hydroxylation is 1. The van der Waals surface area contributed by atoms with E-state index in [0.717, 1.165) is 24.1 Å². The third kappa shape index (κ3) is 4.32. The molecule has 5 nitrogen and oxygen atoms in total. The van der Waals surface area contributed by atoms with Gasteiger partial charge in [0, 0.05) is 31.1 Å². The van der Waals surface area contributed by atoms with Crippen molar-refractivity contribution in [3.05, 3.63) is 59.0 Å². The van der Waals surface area contributed by atoms with Crippen molar-refractivity contribution in [2.75, 3.05) is 26.2 Å². The lowest BCUT2D eigenvalue weighted by atomic mass is 9.95. The Hall–Kier alpha value is -1.96. The minimum absolute atomic E-state index is 0.0793. The van der Waals surface area contributed by atoms with Crippen molar-refractivity contribution in [1.82, 2.24) is 9.21 Å². The van der Waals surface area contributed by atoms with Crippen LogP contribution in [-0.2, 0) is 14.8 Å². The van der Waals surface area contributed by atoms with Crippen LogP contribution < -0.4 is 0 Å². The molecule has 29 heavy (non-hydrogen) atoms. The lowest BCUT2D eigenvalue weighted by Gasteiger charge is -2.35. The van der Waals surface area contributed by atoms with Crippen molar-refractivity contribution in [2.24, 2.45) is 5.92 Å². The number of hydrogen-bond donors (Lipinski definition) is 0. The van der Waals surface area contributed by atoms with E-state index >= 15 is 0 Å². The third-order valence-electron chi connectivity index (χ3n) is 5.71. The van der Waals surface area contributed by atoms with E-state index in [-0.39, 0.29) is 18.4 Å². The molecule has 1 amide bonds. The maximum Gasteiger partial charge on any atom is 0.252 e. The van der Waals surface area contributed by atoms with Crippen LogP contribution in [0.15, 0.2) is 52.7 Å². The molecule has 0 unspecified atom stereocenters. The Balaban J connectivity index is 1.42. The monoisotopic (exact) mass is 430 g/mol. The first-order chi connectivity index (χ1) is 13.9. The Morgan fingerprint density at radius 2 is 1.90 bits per heavy atom. The Morgan fingerprint density at radius 1 is 1.10 bits per heavy atom. The van der Waals surface area contributed by atoms with Crippen LogP contribution in [0.25, 0.3) is 5.57 Å². The van der Waals surface area contributed by atoms with Crippen LogP contribution in [0.4, 0.5) is 0 Å². The highest BCUT2D eigenvalue weighted by Crippen LogP contribution is 2.30. The minimum atomic E-state index is -3.51. The predicted molar refractivity (Wildman–Crippen MR) is 116 cm³/mol. The lowest BCUT2D eigenvalue weighted by molar-refractivity contribution is -0.136. The summed E-state index contributed by atoms with van der Waals surface area (Å²) in [6.45, 7) is 3.95. The topological polar surface area (TPSA) is 57.7 Å². The molecule has 154 valence electrons. The molecule has 0 radical (unpaired) electrons. The Bertz CT molecular complexity index is 1010. The molecule has 1 aromatic heterocycles. The van der Waals surface area contributed by atoms with Gasteiger partial charge < -0.3 is 4.90 Å². The van der Waals surface area contributed by atoms with Gasteiger partial charge in [-0.05, 0) is 49.5 Å². The standard InChI is InChI=1S/C22H26N2O3S2/c1-17-9-10-21(28-17)29(26,27)24-13-5-8-20(16-24)22(25)23-14-11-19(12-15-23)18-6-3-2-4-7-18/h2-4,6-7,9-11,20H,5,8,12-16H2,1H3/t20-/m1/s1. The second-order valence-electron chi connectivity index (χ2n) is 7.70. The van der Waals surface area contributed by atoms with Crippen LogP contribution >= 0.6 is 11.3 Å². The number of benzene rings is 1. The van der Waals surface area contributed by atoms with Crippen molar-refractivity contribution in [3.63, 3.8) is 0 Å². The summed E-state index contributed by atoms with van der Waals surface area (Å²) in [7, 11) is -3.51. The third-order valence-corrected chi connectivity index (χ3v) is 9.04. The average Bonchev–Trinajstić information content (AvgIpc) is 3.21. The molecule has 4 rings (SSSR count). The zero-order valence-corrected chi connectivity index (χ0v) is 18.2. The average molecular weight is 431 g/mol. The number of thiophene rings is 1. The first-order valence-corrected chi connectivity index (χ1v) is 12.3. The molecular weight excluding hydrogens is 404 g/mol.